The Labute approximate surface area is 176 Å². The molecule has 0 unspecified atom stereocenters. The Morgan fingerprint density at radius 1 is 1.00 bits per heavy atom. The molecule has 7 nitrogen and oxygen atoms in total. The first-order valence-corrected chi connectivity index (χ1v) is 11.7. The number of carbonyl (C=O) groups is 3. The van der Waals surface area contributed by atoms with Gasteiger partial charge in [0.1, 0.15) is 0 Å². The van der Waals surface area contributed by atoms with Crippen LogP contribution in [0, 0.1) is 0 Å². The van der Waals surface area contributed by atoms with Gasteiger partial charge in [-0.3, -0.25) is 19.3 Å². The number of benzene rings is 2. The summed E-state index contributed by atoms with van der Waals surface area (Å²) in [5.41, 5.74) is 1.62. The van der Waals surface area contributed by atoms with Crippen molar-refractivity contribution in [3.05, 3.63) is 65.2 Å². The highest BCUT2D eigenvalue weighted by atomic mass is 32.2. The standard InChI is InChI=1S/C22H24N2O5S/c1-3-19(15-10-12-16(13-11-15)30(2,28)29)23-20(25)9-6-14-24-21(26)17-7-4-5-8-18(17)22(24)27/h4-5,7-8,10-13,19H,3,6,9,14H2,1-2H3,(H,23,25)/t19-/m0/s1. The number of hydrogen-bond donors (Lipinski definition) is 1. The smallest absolute Gasteiger partial charge is 0.261 e. The van der Waals surface area contributed by atoms with E-state index in [0.29, 0.717) is 24.0 Å². The van der Waals surface area contributed by atoms with Crippen molar-refractivity contribution in [1.29, 1.82) is 0 Å². The van der Waals surface area contributed by atoms with E-state index in [2.05, 4.69) is 5.32 Å². The maximum absolute atomic E-state index is 12.4. The van der Waals surface area contributed by atoms with Crippen LogP contribution in [0.5, 0.6) is 0 Å². The van der Waals surface area contributed by atoms with Gasteiger partial charge in [0.15, 0.2) is 9.84 Å². The van der Waals surface area contributed by atoms with Crippen molar-refractivity contribution in [2.75, 3.05) is 12.8 Å². The second kappa shape index (κ2) is 8.79. The van der Waals surface area contributed by atoms with Gasteiger partial charge in [-0.15, -0.1) is 0 Å². The maximum Gasteiger partial charge on any atom is 0.261 e. The molecule has 2 aromatic carbocycles. The van der Waals surface area contributed by atoms with Gasteiger partial charge in [0.2, 0.25) is 5.91 Å². The zero-order valence-electron chi connectivity index (χ0n) is 16.9. The zero-order valence-corrected chi connectivity index (χ0v) is 17.7. The molecule has 30 heavy (non-hydrogen) atoms. The van der Waals surface area contributed by atoms with E-state index < -0.39 is 9.84 Å². The molecular formula is C22H24N2O5S. The second-order valence-corrected chi connectivity index (χ2v) is 9.30. The molecule has 158 valence electrons. The molecule has 3 amide bonds. The summed E-state index contributed by atoms with van der Waals surface area (Å²) in [6.07, 6.45) is 2.32. The fourth-order valence-electron chi connectivity index (χ4n) is 3.47. The number of hydrogen-bond acceptors (Lipinski definition) is 5. The Morgan fingerprint density at radius 2 is 1.57 bits per heavy atom. The molecule has 1 aliphatic heterocycles. The van der Waals surface area contributed by atoms with Crippen molar-refractivity contribution in [2.24, 2.45) is 0 Å². The highest BCUT2D eigenvalue weighted by Gasteiger charge is 2.34. The third kappa shape index (κ3) is 4.59. The lowest BCUT2D eigenvalue weighted by atomic mass is 10.0. The molecule has 0 aromatic heterocycles. The van der Waals surface area contributed by atoms with Gasteiger partial charge in [0, 0.05) is 19.2 Å². The molecule has 0 aliphatic carbocycles. The lowest BCUT2D eigenvalue weighted by Crippen LogP contribution is -2.32. The van der Waals surface area contributed by atoms with Gasteiger partial charge in [-0.2, -0.15) is 0 Å². The van der Waals surface area contributed by atoms with E-state index >= 15 is 0 Å². The monoisotopic (exact) mass is 428 g/mol. The molecule has 8 heteroatoms. The van der Waals surface area contributed by atoms with Gasteiger partial charge >= 0.3 is 0 Å². The molecule has 0 saturated heterocycles. The summed E-state index contributed by atoms with van der Waals surface area (Å²) in [6, 6.07) is 12.9. The Hall–Kier alpha value is -3.00. The minimum absolute atomic E-state index is 0.172. The van der Waals surface area contributed by atoms with Crippen LogP contribution in [0.2, 0.25) is 0 Å². The summed E-state index contributed by atoms with van der Waals surface area (Å²) < 4.78 is 23.2. The van der Waals surface area contributed by atoms with Gasteiger partial charge in [0.05, 0.1) is 22.1 Å². The van der Waals surface area contributed by atoms with E-state index in [1.165, 1.54) is 17.0 Å². The first-order chi connectivity index (χ1) is 14.2. The first-order valence-electron chi connectivity index (χ1n) is 9.77. The lowest BCUT2D eigenvalue weighted by molar-refractivity contribution is -0.122. The summed E-state index contributed by atoms with van der Waals surface area (Å²) in [5, 5.41) is 2.93. The molecule has 0 bridgehead atoms. The van der Waals surface area contributed by atoms with E-state index in [9.17, 15) is 22.8 Å². The molecule has 3 rings (SSSR count). The zero-order chi connectivity index (χ0) is 21.9. The molecule has 0 saturated carbocycles. The Morgan fingerprint density at radius 3 is 2.07 bits per heavy atom. The predicted octanol–water partition coefficient (Wildman–Crippen LogP) is 2.73. The molecule has 1 aliphatic rings. The number of nitrogens with zero attached hydrogens (tertiary/aromatic N) is 1. The summed E-state index contributed by atoms with van der Waals surface area (Å²) in [7, 11) is -3.27. The summed E-state index contributed by atoms with van der Waals surface area (Å²) in [4.78, 5) is 38.5. The van der Waals surface area contributed by atoms with Crippen molar-refractivity contribution < 1.29 is 22.8 Å². The van der Waals surface area contributed by atoms with Crippen LogP contribution in [0.4, 0.5) is 0 Å². The highest BCUT2D eigenvalue weighted by molar-refractivity contribution is 7.90. The van der Waals surface area contributed by atoms with Crippen LogP contribution < -0.4 is 5.32 Å². The normalized spacial score (nSPS) is 14.5. The van der Waals surface area contributed by atoms with E-state index in [1.807, 2.05) is 6.92 Å². The number of carbonyl (C=O) groups excluding carboxylic acids is 3. The Bertz CT molecular complexity index is 1040. The van der Waals surface area contributed by atoms with E-state index in [0.717, 1.165) is 11.8 Å². The number of rotatable bonds is 8. The predicted molar refractivity (Wildman–Crippen MR) is 112 cm³/mol. The molecule has 0 fully saturated rings. The van der Waals surface area contributed by atoms with E-state index in [4.69, 9.17) is 0 Å². The third-order valence-electron chi connectivity index (χ3n) is 5.12. The largest absolute Gasteiger partial charge is 0.349 e. The lowest BCUT2D eigenvalue weighted by Gasteiger charge is -2.18. The van der Waals surface area contributed by atoms with Gasteiger partial charge in [-0.1, -0.05) is 31.2 Å². The fourth-order valence-corrected chi connectivity index (χ4v) is 4.11. The number of fused-ring (bicyclic) bond motifs is 1. The molecule has 2 aromatic rings. The van der Waals surface area contributed by atoms with Gasteiger partial charge in [-0.05, 0) is 42.7 Å². The van der Waals surface area contributed by atoms with Crippen LogP contribution in [0.15, 0.2) is 53.4 Å². The van der Waals surface area contributed by atoms with Gasteiger partial charge in [-0.25, -0.2) is 8.42 Å². The van der Waals surface area contributed by atoms with Crippen LogP contribution in [0.3, 0.4) is 0 Å². The minimum Gasteiger partial charge on any atom is -0.349 e. The van der Waals surface area contributed by atoms with Gasteiger partial charge < -0.3 is 5.32 Å². The minimum atomic E-state index is -3.27. The number of sulfone groups is 1. The third-order valence-corrected chi connectivity index (χ3v) is 6.25. The molecule has 0 radical (unpaired) electrons. The average Bonchev–Trinajstić information content (AvgIpc) is 2.96. The Balaban J connectivity index is 1.54. The van der Waals surface area contributed by atoms with Crippen LogP contribution in [-0.4, -0.2) is 43.8 Å². The topological polar surface area (TPSA) is 101 Å². The summed E-state index contributed by atoms with van der Waals surface area (Å²) >= 11 is 0. The number of amides is 3. The SMILES string of the molecule is CC[C@H](NC(=O)CCCN1C(=O)c2ccccc2C1=O)c1ccc(S(C)(=O)=O)cc1. The van der Waals surface area contributed by atoms with Gasteiger partial charge in [0.25, 0.3) is 11.8 Å². The highest BCUT2D eigenvalue weighted by Crippen LogP contribution is 2.23. The van der Waals surface area contributed by atoms with Crippen molar-refractivity contribution in [3.8, 4) is 0 Å². The molecule has 1 heterocycles. The average molecular weight is 429 g/mol. The molecular weight excluding hydrogens is 404 g/mol. The van der Waals surface area contributed by atoms with Crippen LogP contribution in [-0.2, 0) is 14.6 Å². The second-order valence-electron chi connectivity index (χ2n) is 7.28. The van der Waals surface area contributed by atoms with Crippen LogP contribution in [0.1, 0.15) is 58.5 Å². The van der Waals surface area contributed by atoms with Crippen molar-refractivity contribution in [2.45, 2.75) is 37.1 Å². The quantitative estimate of drug-likeness (QED) is 0.652. The maximum atomic E-state index is 12.4. The summed E-state index contributed by atoms with van der Waals surface area (Å²) in [6.45, 7) is 2.10. The van der Waals surface area contributed by atoms with Crippen molar-refractivity contribution >= 4 is 27.6 Å². The Kier molecular flexibility index (Phi) is 6.36. The fraction of sp³-hybridized carbons (Fsp3) is 0.318. The molecule has 0 spiro atoms. The number of nitrogens with one attached hydrogen (secondary N) is 1. The molecule has 1 N–H and O–H groups in total. The van der Waals surface area contributed by atoms with Crippen molar-refractivity contribution in [1.82, 2.24) is 10.2 Å². The first kappa shape index (κ1) is 21.7. The van der Waals surface area contributed by atoms with Crippen LogP contribution >= 0.6 is 0 Å². The van der Waals surface area contributed by atoms with E-state index in [1.54, 1.807) is 36.4 Å². The van der Waals surface area contributed by atoms with E-state index in [-0.39, 0.29) is 41.6 Å². The summed E-state index contributed by atoms with van der Waals surface area (Å²) in [5.74, 6) is -0.840. The molecule has 1 atom stereocenters. The number of imide groups is 1. The van der Waals surface area contributed by atoms with Crippen molar-refractivity contribution in [3.63, 3.8) is 0 Å². The van der Waals surface area contributed by atoms with Crippen LogP contribution in [0.25, 0.3) is 0 Å².